The fourth-order valence-corrected chi connectivity index (χ4v) is 2.48. The number of carbonyl (C=O) groups excluding carboxylic acids is 1. The smallest absolute Gasteiger partial charge is 0.291 e. The van der Waals surface area contributed by atoms with E-state index in [9.17, 15) is 4.79 Å². The summed E-state index contributed by atoms with van der Waals surface area (Å²) in [6, 6.07) is 1.89. The zero-order valence-corrected chi connectivity index (χ0v) is 14.4. The number of aryl methyl sites for hydroxylation is 2. The van der Waals surface area contributed by atoms with Gasteiger partial charge in [-0.05, 0) is 19.9 Å². The van der Waals surface area contributed by atoms with Crippen LogP contribution in [-0.2, 0) is 17.7 Å². The van der Waals surface area contributed by atoms with Crippen LogP contribution in [0.5, 0.6) is 0 Å². The number of hydrogen-bond acceptors (Lipinski definition) is 7. The van der Waals surface area contributed by atoms with Crippen molar-refractivity contribution in [3.63, 3.8) is 0 Å². The number of aromatic nitrogens is 7. The van der Waals surface area contributed by atoms with E-state index in [1.807, 2.05) is 24.5 Å². The first-order valence-corrected chi connectivity index (χ1v) is 7.93. The Morgan fingerprint density at radius 2 is 2.16 bits per heavy atom. The summed E-state index contributed by atoms with van der Waals surface area (Å²) in [5, 5.41) is 14.9. The zero-order chi connectivity index (χ0) is 17.8. The van der Waals surface area contributed by atoms with Crippen LogP contribution in [-0.4, -0.2) is 60.5 Å². The molecule has 0 aromatic carbocycles. The number of methoxy groups -OCH3 is 1. The third-order valence-electron chi connectivity index (χ3n) is 3.69. The third kappa shape index (κ3) is 3.79. The van der Waals surface area contributed by atoms with E-state index >= 15 is 0 Å². The average Bonchev–Trinajstić information content (AvgIpc) is 3.19. The van der Waals surface area contributed by atoms with Gasteiger partial charge in [-0.2, -0.15) is 4.98 Å². The van der Waals surface area contributed by atoms with Crippen LogP contribution in [0.1, 0.15) is 27.8 Å². The lowest BCUT2D eigenvalue weighted by Gasteiger charge is -2.06. The predicted octanol–water partition coefficient (Wildman–Crippen LogP) is -0.0485. The van der Waals surface area contributed by atoms with Crippen molar-refractivity contribution in [2.24, 2.45) is 0 Å². The van der Waals surface area contributed by atoms with Gasteiger partial charge >= 0.3 is 0 Å². The molecular weight excluding hydrogens is 324 g/mol. The molecule has 0 saturated heterocycles. The molecule has 0 radical (unpaired) electrons. The van der Waals surface area contributed by atoms with Gasteiger partial charge in [-0.25, -0.2) is 9.50 Å². The number of ether oxygens (including phenoxy) is 1. The van der Waals surface area contributed by atoms with Crippen LogP contribution in [0.3, 0.4) is 0 Å². The van der Waals surface area contributed by atoms with Crippen LogP contribution in [0, 0.1) is 13.8 Å². The number of amides is 1. The molecule has 1 amide bonds. The quantitative estimate of drug-likeness (QED) is 0.639. The minimum atomic E-state index is -0.342. The van der Waals surface area contributed by atoms with Gasteiger partial charge in [0.2, 0.25) is 5.82 Å². The lowest BCUT2D eigenvalue weighted by Crippen LogP contribution is -2.27. The van der Waals surface area contributed by atoms with E-state index in [0.29, 0.717) is 31.9 Å². The highest BCUT2D eigenvalue weighted by atomic mass is 16.5. The number of rotatable bonds is 7. The number of fused-ring (bicyclic) bond motifs is 1. The molecular formula is C15H20N8O2. The Morgan fingerprint density at radius 3 is 2.96 bits per heavy atom. The Labute approximate surface area is 144 Å². The van der Waals surface area contributed by atoms with Gasteiger partial charge in [-0.1, -0.05) is 0 Å². The molecule has 0 aliphatic heterocycles. The van der Waals surface area contributed by atoms with Crippen LogP contribution < -0.4 is 5.32 Å². The highest BCUT2D eigenvalue weighted by Crippen LogP contribution is 2.05. The van der Waals surface area contributed by atoms with Crippen molar-refractivity contribution in [2.75, 3.05) is 20.3 Å². The summed E-state index contributed by atoms with van der Waals surface area (Å²) in [6.45, 7) is 5.43. The summed E-state index contributed by atoms with van der Waals surface area (Å²) in [5.74, 6) is 0.961. The first kappa shape index (κ1) is 17.0. The average molecular weight is 344 g/mol. The molecule has 3 heterocycles. The van der Waals surface area contributed by atoms with E-state index in [1.54, 1.807) is 18.0 Å². The molecule has 10 nitrogen and oxygen atoms in total. The lowest BCUT2D eigenvalue weighted by molar-refractivity contribution is 0.0943. The Kier molecular flexibility index (Phi) is 4.98. The number of nitrogens with one attached hydrogen (secondary N) is 1. The highest BCUT2D eigenvalue weighted by Gasteiger charge is 2.15. The Hall–Kier alpha value is -2.88. The first-order chi connectivity index (χ1) is 12.1. The maximum Gasteiger partial charge on any atom is 0.291 e. The van der Waals surface area contributed by atoms with Crippen molar-refractivity contribution in [3.8, 4) is 0 Å². The molecule has 0 aliphatic carbocycles. The van der Waals surface area contributed by atoms with Gasteiger partial charge in [-0.15, -0.1) is 15.3 Å². The zero-order valence-electron chi connectivity index (χ0n) is 14.4. The molecule has 0 unspecified atom stereocenters. The standard InChI is InChI=1S/C15H20N8O2/c1-10-8-11(2)23-15(18-10)19-13(21-23)14(24)16-5-4-12-20-17-9-22(12)6-7-25-3/h8-9H,4-7H2,1-3H3,(H,16,24). The second-order valence-electron chi connectivity index (χ2n) is 5.63. The molecule has 0 spiro atoms. The Morgan fingerprint density at radius 1 is 1.32 bits per heavy atom. The van der Waals surface area contributed by atoms with Crippen LogP contribution in [0.25, 0.3) is 5.78 Å². The molecule has 10 heteroatoms. The summed E-state index contributed by atoms with van der Waals surface area (Å²) < 4.78 is 8.50. The largest absolute Gasteiger partial charge is 0.383 e. The van der Waals surface area contributed by atoms with Crippen LogP contribution in [0.4, 0.5) is 0 Å². The third-order valence-corrected chi connectivity index (χ3v) is 3.69. The summed E-state index contributed by atoms with van der Waals surface area (Å²) in [4.78, 5) is 20.7. The van der Waals surface area contributed by atoms with Gasteiger partial charge in [0, 0.05) is 38.0 Å². The topological polar surface area (TPSA) is 112 Å². The minimum Gasteiger partial charge on any atom is -0.383 e. The van der Waals surface area contributed by atoms with E-state index in [2.05, 4.69) is 30.6 Å². The van der Waals surface area contributed by atoms with Crippen molar-refractivity contribution in [1.29, 1.82) is 0 Å². The normalized spacial score (nSPS) is 11.2. The molecule has 3 rings (SSSR count). The van der Waals surface area contributed by atoms with Crippen LogP contribution >= 0.6 is 0 Å². The van der Waals surface area contributed by atoms with Crippen molar-refractivity contribution < 1.29 is 9.53 Å². The fourth-order valence-electron chi connectivity index (χ4n) is 2.48. The van der Waals surface area contributed by atoms with Crippen molar-refractivity contribution in [3.05, 3.63) is 35.4 Å². The van der Waals surface area contributed by atoms with Crippen molar-refractivity contribution in [2.45, 2.75) is 26.8 Å². The number of nitrogens with zero attached hydrogens (tertiary/aromatic N) is 7. The Balaban J connectivity index is 1.62. The molecule has 1 N–H and O–H groups in total. The monoisotopic (exact) mass is 344 g/mol. The maximum absolute atomic E-state index is 12.3. The van der Waals surface area contributed by atoms with E-state index in [4.69, 9.17) is 4.74 Å². The molecule has 0 aliphatic rings. The minimum absolute atomic E-state index is 0.0991. The molecule has 3 aromatic rings. The fraction of sp³-hybridized carbons (Fsp3) is 0.467. The van der Waals surface area contributed by atoms with Gasteiger partial charge in [0.05, 0.1) is 6.61 Å². The van der Waals surface area contributed by atoms with Gasteiger partial charge in [0.1, 0.15) is 12.2 Å². The SMILES string of the molecule is COCCn1cnnc1CCNC(=O)c1nc2nc(C)cc(C)n2n1. The van der Waals surface area contributed by atoms with Crippen LogP contribution in [0.15, 0.2) is 12.4 Å². The Bertz CT molecular complexity index is 885. The van der Waals surface area contributed by atoms with E-state index in [1.165, 1.54) is 0 Å². The summed E-state index contributed by atoms with van der Waals surface area (Å²) in [7, 11) is 1.64. The molecule has 0 bridgehead atoms. The second kappa shape index (κ2) is 7.34. The molecule has 3 aromatic heterocycles. The van der Waals surface area contributed by atoms with Gasteiger partial charge in [0.15, 0.2) is 0 Å². The molecule has 0 saturated carbocycles. The summed E-state index contributed by atoms with van der Waals surface area (Å²) >= 11 is 0. The number of carbonyl (C=O) groups is 1. The van der Waals surface area contributed by atoms with Crippen LogP contribution in [0.2, 0.25) is 0 Å². The van der Waals surface area contributed by atoms with Crippen molar-refractivity contribution in [1.82, 2.24) is 39.7 Å². The predicted molar refractivity (Wildman–Crippen MR) is 88.2 cm³/mol. The maximum atomic E-state index is 12.3. The van der Waals surface area contributed by atoms with E-state index in [-0.39, 0.29) is 11.7 Å². The van der Waals surface area contributed by atoms with Crippen molar-refractivity contribution >= 4 is 11.7 Å². The molecule has 0 atom stereocenters. The number of hydrogen-bond donors (Lipinski definition) is 1. The van der Waals surface area contributed by atoms with Gasteiger partial charge in [-0.3, -0.25) is 4.79 Å². The lowest BCUT2D eigenvalue weighted by atomic mass is 10.4. The summed E-state index contributed by atoms with van der Waals surface area (Å²) in [6.07, 6.45) is 2.20. The first-order valence-electron chi connectivity index (χ1n) is 7.93. The molecule has 0 fully saturated rings. The second-order valence-corrected chi connectivity index (χ2v) is 5.63. The van der Waals surface area contributed by atoms with E-state index in [0.717, 1.165) is 17.2 Å². The molecule has 132 valence electrons. The van der Waals surface area contributed by atoms with E-state index < -0.39 is 0 Å². The van der Waals surface area contributed by atoms with Gasteiger partial charge in [0.25, 0.3) is 11.7 Å². The van der Waals surface area contributed by atoms with Gasteiger partial charge < -0.3 is 14.6 Å². The summed E-state index contributed by atoms with van der Waals surface area (Å²) in [5.41, 5.74) is 1.71. The highest BCUT2D eigenvalue weighted by molar-refractivity contribution is 5.90. The molecule has 25 heavy (non-hydrogen) atoms.